The lowest BCUT2D eigenvalue weighted by molar-refractivity contribution is -0.127. The van der Waals surface area contributed by atoms with E-state index in [2.05, 4.69) is 14.9 Å². The summed E-state index contributed by atoms with van der Waals surface area (Å²) in [7, 11) is 0. The van der Waals surface area contributed by atoms with E-state index >= 15 is 0 Å². The van der Waals surface area contributed by atoms with Gasteiger partial charge in [-0.1, -0.05) is 0 Å². The first kappa shape index (κ1) is 13.1. The van der Waals surface area contributed by atoms with Crippen molar-refractivity contribution >= 4 is 5.91 Å². The third-order valence-electron chi connectivity index (χ3n) is 3.59. The highest BCUT2D eigenvalue weighted by Gasteiger charge is 2.20. The first-order chi connectivity index (χ1) is 8.68. The molecule has 1 amide bonds. The summed E-state index contributed by atoms with van der Waals surface area (Å²) in [5.74, 6) is 0.289. The van der Waals surface area contributed by atoms with E-state index in [9.17, 15) is 4.79 Å². The number of hydrogen-bond acceptors (Lipinski definition) is 3. The van der Waals surface area contributed by atoms with E-state index in [1.165, 1.54) is 0 Å². The average molecular weight is 251 g/mol. The fourth-order valence-corrected chi connectivity index (χ4v) is 2.17. The molecule has 0 spiro atoms. The fraction of sp³-hybridized carbons (Fsp3) is 0.692. The van der Waals surface area contributed by atoms with E-state index in [-0.39, 0.29) is 11.8 Å². The van der Waals surface area contributed by atoms with E-state index in [1.807, 2.05) is 20.2 Å². The number of carbonyl (C=O) groups excluding carboxylic acids is 1. The minimum atomic E-state index is 0.129. The second-order valence-electron chi connectivity index (χ2n) is 4.79. The predicted octanol–water partition coefficient (Wildman–Crippen LogP) is 1.04. The predicted molar refractivity (Wildman–Crippen MR) is 68.3 cm³/mol. The summed E-state index contributed by atoms with van der Waals surface area (Å²) in [4.78, 5) is 16.1. The summed E-state index contributed by atoms with van der Waals surface area (Å²) in [5.41, 5.74) is 2.21. The van der Waals surface area contributed by atoms with Gasteiger partial charge in [0.1, 0.15) is 0 Å². The minimum Gasteiger partial charge on any atom is -0.381 e. The Morgan fingerprint density at radius 1 is 1.50 bits per heavy atom. The molecule has 5 heteroatoms. The van der Waals surface area contributed by atoms with Crippen LogP contribution in [0.3, 0.4) is 0 Å². The highest BCUT2D eigenvalue weighted by molar-refractivity contribution is 5.78. The van der Waals surface area contributed by atoms with Gasteiger partial charge in [-0.3, -0.25) is 4.79 Å². The molecule has 1 aromatic rings. The molecule has 0 bridgehead atoms. The second kappa shape index (κ2) is 6.00. The normalized spacial score (nSPS) is 16.8. The number of aromatic nitrogens is 2. The van der Waals surface area contributed by atoms with Crippen LogP contribution in [0.2, 0.25) is 0 Å². The summed E-state index contributed by atoms with van der Waals surface area (Å²) < 4.78 is 7.32. The Kier molecular flexibility index (Phi) is 4.36. The van der Waals surface area contributed by atoms with Crippen LogP contribution >= 0.6 is 0 Å². The monoisotopic (exact) mass is 251 g/mol. The quantitative estimate of drug-likeness (QED) is 0.870. The molecule has 0 atom stereocenters. The molecule has 1 aliphatic heterocycles. The Labute approximate surface area is 108 Å². The molecule has 1 aromatic heterocycles. The lowest BCUT2D eigenvalue weighted by Gasteiger charge is -2.21. The molecule has 0 unspecified atom stereocenters. The first-order valence-electron chi connectivity index (χ1n) is 6.52. The van der Waals surface area contributed by atoms with Crippen LogP contribution in [0.4, 0.5) is 0 Å². The Morgan fingerprint density at radius 3 is 2.83 bits per heavy atom. The third kappa shape index (κ3) is 3.10. The van der Waals surface area contributed by atoms with Crippen molar-refractivity contribution in [1.82, 2.24) is 14.9 Å². The minimum absolute atomic E-state index is 0.129. The number of carbonyl (C=O) groups is 1. The van der Waals surface area contributed by atoms with Crippen LogP contribution in [0, 0.1) is 19.8 Å². The highest BCUT2D eigenvalue weighted by atomic mass is 16.5. The number of ether oxygens (including phenoxy) is 1. The SMILES string of the molecule is Cc1ncn(CCNC(=O)C2CCOCC2)c1C. The maximum Gasteiger partial charge on any atom is 0.223 e. The molecule has 2 heterocycles. The van der Waals surface area contributed by atoms with Gasteiger partial charge in [0.2, 0.25) is 5.91 Å². The molecule has 0 radical (unpaired) electrons. The van der Waals surface area contributed by atoms with Gasteiger partial charge >= 0.3 is 0 Å². The van der Waals surface area contributed by atoms with Gasteiger partial charge in [0.15, 0.2) is 0 Å². The van der Waals surface area contributed by atoms with E-state index < -0.39 is 0 Å². The van der Waals surface area contributed by atoms with Crippen molar-refractivity contribution in [3.8, 4) is 0 Å². The van der Waals surface area contributed by atoms with Crippen LogP contribution in [0.5, 0.6) is 0 Å². The fourth-order valence-electron chi connectivity index (χ4n) is 2.17. The topological polar surface area (TPSA) is 56.2 Å². The summed E-state index contributed by atoms with van der Waals surface area (Å²) >= 11 is 0. The van der Waals surface area contributed by atoms with Gasteiger partial charge in [-0.25, -0.2) is 4.98 Å². The number of nitrogens with one attached hydrogen (secondary N) is 1. The molecule has 18 heavy (non-hydrogen) atoms. The van der Waals surface area contributed by atoms with Gasteiger partial charge in [0, 0.05) is 37.9 Å². The van der Waals surface area contributed by atoms with E-state index in [1.54, 1.807) is 0 Å². The summed E-state index contributed by atoms with van der Waals surface area (Å²) in [6.07, 6.45) is 3.51. The number of hydrogen-bond donors (Lipinski definition) is 1. The van der Waals surface area contributed by atoms with Crippen LogP contribution in [0.25, 0.3) is 0 Å². The van der Waals surface area contributed by atoms with Gasteiger partial charge in [0.05, 0.1) is 12.0 Å². The molecule has 1 N–H and O–H groups in total. The number of amides is 1. The zero-order chi connectivity index (χ0) is 13.0. The molecular formula is C13H21N3O2. The maximum atomic E-state index is 11.9. The largest absolute Gasteiger partial charge is 0.381 e. The van der Waals surface area contributed by atoms with Gasteiger partial charge in [-0.2, -0.15) is 0 Å². The number of aryl methyl sites for hydroxylation is 1. The molecule has 100 valence electrons. The Balaban J connectivity index is 1.74. The Morgan fingerprint density at radius 2 is 2.22 bits per heavy atom. The summed E-state index contributed by atoms with van der Waals surface area (Å²) in [6.45, 7) is 6.89. The summed E-state index contributed by atoms with van der Waals surface area (Å²) in [5, 5.41) is 2.99. The molecule has 0 saturated carbocycles. The molecule has 5 nitrogen and oxygen atoms in total. The van der Waals surface area contributed by atoms with Crippen LogP contribution < -0.4 is 5.32 Å². The van der Waals surface area contributed by atoms with Crippen molar-refractivity contribution in [2.75, 3.05) is 19.8 Å². The van der Waals surface area contributed by atoms with Crippen LogP contribution in [-0.4, -0.2) is 35.2 Å². The van der Waals surface area contributed by atoms with E-state index in [0.29, 0.717) is 19.8 Å². The van der Waals surface area contributed by atoms with Gasteiger partial charge in [-0.05, 0) is 26.7 Å². The number of nitrogens with zero attached hydrogens (tertiary/aromatic N) is 2. The van der Waals surface area contributed by atoms with Crippen molar-refractivity contribution in [3.05, 3.63) is 17.7 Å². The van der Waals surface area contributed by atoms with Crippen LogP contribution in [0.1, 0.15) is 24.2 Å². The van der Waals surface area contributed by atoms with Crippen LogP contribution in [0.15, 0.2) is 6.33 Å². The van der Waals surface area contributed by atoms with Gasteiger partial charge in [-0.15, -0.1) is 0 Å². The van der Waals surface area contributed by atoms with E-state index in [4.69, 9.17) is 4.74 Å². The van der Waals surface area contributed by atoms with Crippen molar-refractivity contribution in [3.63, 3.8) is 0 Å². The molecular weight excluding hydrogens is 230 g/mol. The second-order valence-corrected chi connectivity index (χ2v) is 4.79. The van der Waals surface area contributed by atoms with Crippen molar-refractivity contribution in [2.45, 2.75) is 33.2 Å². The average Bonchev–Trinajstić information content (AvgIpc) is 2.71. The maximum absolute atomic E-state index is 11.9. The zero-order valence-corrected chi connectivity index (χ0v) is 11.1. The lowest BCUT2D eigenvalue weighted by Crippen LogP contribution is -2.35. The molecule has 2 rings (SSSR count). The Bertz CT molecular complexity index is 408. The smallest absolute Gasteiger partial charge is 0.223 e. The van der Waals surface area contributed by atoms with Crippen molar-refractivity contribution < 1.29 is 9.53 Å². The third-order valence-corrected chi connectivity index (χ3v) is 3.59. The Hall–Kier alpha value is -1.36. The van der Waals surface area contributed by atoms with Crippen LogP contribution in [-0.2, 0) is 16.1 Å². The standard InChI is InChI=1S/C13H21N3O2/c1-10-11(2)16(9-15-10)6-5-14-13(17)12-3-7-18-8-4-12/h9,12H,3-8H2,1-2H3,(H,14,17). The van der Waals surface area contributed by atoms with Crippen molar-refractivity contribution in [1.29, 1.82) is 0 Å². The number of rotatable bonds is 4. The molecule has 0 aliphatic carbocycles. The molecule has 1 saturated heterocycles. The van der Waals surface area contributed by atoms with Gasteiger partial charge < -0.3 is 14.6 Å². The molecule has 1 aliphatic rings. The zero-order valence-electron chi connectivity index (χ0n) is 11.1. The highest BCUT2D eigenvalue weighted by Crippen LogP contribution is 2.14. The number of imidazole rings is 1. The molecule has 0 aromatic carbocycles. The van der Waals surface area contributed by atoms with Gasteiger partial charge in [0.25, 0.3) is 0 Å². The lowest BCUT2D eigenvalue weighted by atomic mass is 9.99. The summed E-state index contributed by atoms with van der Waals surface area (Å²) in [6, 6.07) is 0. The van der Waals surface area contributed by atoms with E-state index in [0.717, 1.165) is 30.8 Å². The molecule has 1 fully saturated rings. The van der Waals surface area contributed by atoms with Crippen molar-refractivity contribution in [2.24, 2.45) is 5.92 Å². The first-order valence-corrected chi connectivity index (χ1v) is 6.52.